The molecule has 0 bridgehead atoms. The molecule has 226 valence electrons. The number of halogens is 1. The standard InChI is InChI=1S/C34H44N4O3.ClH/c1-3-27(4-2)34(41)38-21-10-16-31(38)33(40)37-30(23-26-17-18-28-14-8-9-15-29(28)22-26)32(39)36-20-11-19-35-24-25-12-6-5-7-13-25;/h5-9,12-15,17-18,22,27,30-31,35H,3-4,10-11,16,19-21,23-24H2,1-2H3,(H,36,39)(H,37,40);1H/t30-,31?;/m1./s1. The molecule has 4 rings (SSSR count). The van der Waals surface area contributed by atoms with Crippen LogP contribution in [0.4, 0.5) is 0 Å². The van der Waals surface area contributed by atoms with Crippen LogP contribution in [0.25, 0.3) is 10.8 Å². The number of hydrogen-bond acceptors (Lipinski definition) is 4. The molecule has 1 fully saturated rings. The van der Waals surface area contributed by atoms with Gasteiger partial charge in [-0.1, -0.05) is 86.6 Å². The summed E-state index contributed by atoms with van der Waals surface area (Å²) < 4.78 is 0. The summed E-state index contributed by atoms with van der Waals surface area (Å²) in [6, 6.07) is 23.2. The molecule has 3 aromatic carbocycles. The molecular weight excluding hydrogens is 548 g/mol. The fourth-order valence-corrected chi connectivity index (χ4v) is 5.63. The number of fused-ring (bicyclic) bond motifs is 1. The zero-order chi connectivity index (χ0) is 29.0. The van der Waals surface area contributed by atoms with Crippen molar-refractivity contribution in [1.82, 2.24) is 20.9 Å². The Morgan fingerprint density at radius 2 is 1.60 bits per heavy atom. The van der Waals surface area contributed by atoms with Crippen molar-refractivity contribution < 1.29 is 14.4 Å². The van der Waals surface area contributed by atoms with Gasteiger partial charge in [0.25, 0.3) is 0 Å². The lowest BCUT2D eigenvalue weighted by molar-refractivity contribution is -0.142. The molecule has 1 aliphatic heterocycles. The summed E-state index contributed by atoms with van der Waals surface area (Å²) >= 11 is 0. The number of benzene rings is 3. The van der Waals surface area contributed by atoms with Gasteiger partial charge in [-0.15, -0.1) is 12.4 Å². The van der Waals surface area contributed by atoms with Gasteiger partial charge in [0.1, 0.15) is 12.1 Å². The van der Waals surface area contributed by atoms with E-state index in [1.807, 2.05) is 56.3 Å². The van der Waals surface area contributed by atoms with Gasteiger partial charge in [-0.25, -0.2) is 0 Å². The van der Waals surface area contributed by atoms with Gasteiger partial charge in [0.05, 0.1) is 0 Å². The lowest BCUT2D eigenvalue weighted by Crippen LogP contribution is -2.54. The van der Waals surface area contributed by atoms with Gasteiger partial charge in [-0.2, -0.15) is 0 Å². The topological polar surface area (TPSA) is 90.5 Å². The monoisotopic (exact) mass is 592 g/mol. The van der Waals surface area contributed by atoms with Gasteiger partial charge >= 0.3 is 0 Å². The van der Waals surface area contributed by atoms with E-state index in [0.29, 0.717) is 25.9 Å². The average Bonchev–Trinajstić information content (AvgIpc) is 3.50. The zero-order valence-electron chi connectivity index (χ0n) is 24.8. The molecular formula is C34H45ClN4O3. The van der Waals surface area contributed by atoms with Crippen molar-refractivity contribution in [2.45, 2.75) is 71.0 Å². The second-order valence-electron chi connectivity index (χ2n) is 11.0. The number of carbonyl (C=O) groups is 3. The summed E-state index contributed by atoms with van der Waals surface area (Å²) in [5, 5.41) is 11.7. The van der Waals surface area contributed by atoms with Crippen LogP contribution in [0.5, 0.6) is 0 Å². The average molecular weight is 593 g/mol. The highest BCUT2D eigenvalue weighted by molar-refractivity contribution is 5.93. The Balaban J connectivity index is 0.00000484. The van der Waals surface area contributed by atoms with Crippen molar-refractivity contribution in [1.29, 1.82) is 0 Å². The molecule has 0 saturated carbocycles. The Morgan fingerprint density at radius 3 is 2.33 bits per heavy atom. The Kier molecular flexibility index (Phi) is 13.3. The number of nitrogens with zero attached hydrogens (tertiary/aromatic N) is 1. The van der Waals surface area contributed by atoms with Gasteiger partial charge in [-0.05, 0) is 60.5 Å². The van der Waals surface area contributed by atoms with E-state index in [1.165, 1.54) is 5.56 Å². The lowest BCUT2D eigenvalue weighted by Gasteiger charge is -2.29. The largest absolute Gasteiger partial charge is 0.354 e. The highest BCUT2D eigenvalue weighted by Crippen LogP contribution is 2.23. The molecule has 42 heavy (non-hydrogen) atoms. The molecule has 7 nitrogen and oxygen atoms in total. The highest BCUT2D eigenvalue weighted by Gasteiger charge is 2.37. The van der Waals surface area contributed by atoms with Crippen LogP contribution in [-0.4, -0.2) is 54.3 Å². The van der Waals surface area contributed by atoms with Crippen molar-refractivity contribution in [2.24, 2.45) is 5.92 Å². The molecule has 0 radical (unpaired) electrons. The zero-order valence-corrected chi connectivity index (χ0v) is 25.6. The minimum Gasteiger partial charge on any atom is -0.354 e. The second kappa shape index (κ2) is 16.9. The van der Waals surface area contributed by atoms with Crippen LogP contribution >= 0.6 is 12.4 Å². The minimum absolute atomic E-state index is 0. The van der Waals surface area contributed by atoms with Crippen molar-refractivity contribution in [3.63, 3.8) is 0 Å². The van der Waals surface area contributed by atoms with E-state index in [1.54, 1.807) is 4.90 Å². The van der Waals surface area contributed by atoms with Crippen LogP contribution in [0, 0.1) is 5.92 Å². The Labute approximate surface area is 256 Å². The summed E-state index contributed by atoms with van der Waals surface area (Å²) in [5.41, 5.74) is 2.20. The fraction of sp³-hybridized carbons (Fsp3) is 0.441. The summed E-state index contributed by atoms with van der Waals surface area (Å²) in [6.07, 6.45) is 4.08. The van der Waals surface area contributed by atoms with E-state index in [9.17, 15) is 14.4 Å². The summed E-state index contributed by atoms with van der Waals surface area (Å²) in [5.74, 6) is -0.473. The fourth-order valence-electron chi connectivity index (χ4n) is 5.63. The van der Waals surface area contributed by atoms with Gasteiger partial charge < -0.3 is 20.9 Å². The maximum Gasteiger partial charge on any atom is 0.243 e. The smallest absolute Gasteiger partial charge is 0.243 e. The Morgan fingerprint density at radius 1 is 0.881 bits per heavy atom. The molecule has 8 heteroatoms. The molecule has 1 aliphatic rings. The first kappa shape index (κ1) is 33.1. The van der Waals surface area contributed by atoms with Crippen molar-refractivity contribution in [3.8, 4) is 0 Å². The van der Waals surface area contributed by atoms with Gasteiger partial charge in [0.15, 0.2) is 0 Å². The second-order valence-corrected chi connectivity index (χ2v) is 11.0. The number of carbonyl (C=O) groups excluding carboxylic acids is 3. The minimum atomic E-state index is -0.730. The predicted molar refractivity (Wildman–Crippen MR) is 171 cm³/mol. The molecule has 3 amide bonds. The Bertz CT molecular complexity index is 1300. The molecule has 3 N–H and O–H groups in total. The third-order valence-electron chi connectivity index (χ3n) is 8.06. The number of nitrogens with one attached hydrogen (secondary N) is 3. The van der Waals surface area contributed by atoms with Gasteiger partial charge in [-0.3, -0.25) is 14.4 Å². The molecule has 3 aromatic rings. The van der Waals surface area contributed by atoms with Crippen LogP contribution < -0.4 is 16.0 Å². The first-order valence-corrected chi connectivity index (χ1v) is 15.1. The van der Waals surface area contributed by atoms with Crippen LogP contribution in [0.3, 0.4) is 0 Å². The molecule has 1 saturated heterocycles. The molecule has 0 aromatic heterocycles. The number of amides is 3. The third-order valence-corrected chi connectivity index (χ3v) is 8.06. The molecule has 0 aliphatic carbocycles. The van der Waals surface area contributed by atoms with Crippen LogP contribution in [0.15, 0.2) is 72.8 Å². The first-order chi connectivity index (χ1) is 20.0. The first-order valence-electron chi connectivity index (χ1n) is 15.1. The van der Waals surface area contributed by atoms with Crippen molar-refractivity contribution in [3.05, 3.63) is 83.9 Å². The van der Waals surface area contributed by atoms with Gasteiger partial charge in [0.2, 0.25) is 17.7 Å². The summed E-state index contributed by atoms with van der Waals surface area (Å²) in [4.78, 5) is 41.8. The maximum atomic E-state index is 13.5. The summed E-state index contributed by atoms with van der Waals surface area (Å²) in [7, 11) is 0. The third kappa shape index (κ3) is 9.04. The van der Waals surface area contributed by atoms with E-state index in [0.717, 1.165) is 55.1 Å². The molecule has 0 spiro atoms. The van der Waals surface area contributed by atoms with E-state index in [4.69, 9.17) is 0 Å². The number of hydrogen-bond donors (Lipinski definition) is 3. The molecule has 2 atom stereocenters. The quantitative estimate of drug-likeness (QED) is 0.230. The van der Waals surface area contributed by atoms with Crippen LogP contribution in [0.1, 0.15) is 57.1 Å². The summed E-state index contributed by atoms with van der Waals surface area (Å²) in [6.45, 7) is 6.67. The van der Waals surface area contributed by atoms with E-state index in [2.05, 4.69) is 46.3 Å². The SMILES string of the molecule is CCC(CC)C(=O)N1CCCC1C(=O)N[C@H](Cc1ccc2ccccc2c1)C(=O)NCCCNCc1ccccc1.Cl. The maximum absolute atomic E-state index is 13.5. The van der Waals surface area contributed by atoms with Crippen molar-refractivity contribution >= 4 is 40.9 Å². The van der Waals surface area contributed by atoms with Gasteiger partial charge in [0, 0.05) is 32.0 Å². The lowest BCUT2D eigenvalue weighted by atomic mass is 10.00. The highest BCUT2D eigenvalue weighted by atomic mass is 35.5. The van der Waals surface area contributed by atoms with Crippen LogP contribution in [-0.2, 0) is 27.3 Å². The van der Waals surface area contributed by atoms with Crippen molar-refractivity contribution in [2.75, 3.05) is 19.6 Å². The normalized spacial score (nSPS) is 15.3. The number of likely N-dealkylation sites (tertiary alicyclic amines) is 1. The van der Waals surface area contributed by atoms with E-state index >= 15 is 0 Å². The Hall–Kier alpha value is -3.42. The van der Waals surface area contributed by atoms with Crippen LogP contribution in [0.2, 0.25) is 0 Å². The molecule has 1 unspecified atom stereocenters. The molecule has 1 heterocycles. The van der Waals surface area contributed by atoms with E-state index in [-0.39, 0.29) is 36.0 Å². The predicted octanol–water partition coefficient (Wildman–Crippen LogP) is 5.01. The van der Waals surface area contributed by atoms with E-state index < -0.39 is 12.1 Å². The number of rotatable bonds is 14.